The van der Waals surface area contributed by atoms with Gasteiger partial charge in [-0.15, -0.1) is 0 Å². The molecule has 0 aliphatic carbocycles. The Kier molecular flexibility index (Phi) is 4.08. The van der Waals surface area contributed by atoms with Crippen LogP contribution in [0.1, 0.15) is 23.2 Å². The van der Waals surface area contributed by atoms with Crippen LogP contribution in [0.3, 0.4) is 0 Å². The maximum absolute atomic E-state index is 12.5. The number of carbonyl (C=O) groups excluding carboxylic acids is 3. The second-order valence-corrected chi connectivity index (χ2v) is 5.69. The van der Waals surface area contributed by atoms with E-state index in [4.69, 9.17) is 0 Å². The van der Waals surface area contributed by atoms with E-state index in [2.05, 4.69) is 15.4 Å². The zero-order chi connectivity index (χ0) is 17.3. The average molecular weight is 339 g/mol. The van der Waals surface area contributed by atoms with Gasteiger partial charge >= 0.3 is 12.6 Å². The number of imide groups is 1. The lowest BCUT2D eigenvalue weighted by atomic mass is 9.87. The molecule has 2 saturated heterocycles. The number of nitrogens with zero attached hydrogens (tertiary/aromatic N) is 1. The molecule has 1 spiro atoms. The van der Waals surface area contributed by atoms with Gasteiger partial charge in [0.1, 0.15) is 11.3 Å². The van der Waals surface area contributed by atoms with Gasteiger partial charge in [-0.3, -0.25) is 14.9 Å². The van der Waals surface area contributed by atoms with Crippen LogP contribution in [0.25, 0.3) is 0 Å². The maximum Gasteiger partial charge on any atom is 0.387 e. The summed E-state index contributed by atoms with van der Waals surface area (Å²) in [4.78, 5) is 37.2. The van der Waals surface area contributed by atoms with Crippen LogP contribution in [-0.2, 0) is 4.79 Å². The first kappa shape index (κ1) is 16.2. The smallest absolute Gasteiger partial charge is 0.387 e. The van der Waals surface area contributed by atoms with Gasteiger partial charge in [0.15, 0.2) is 0 Å². The van der Waals surface area contributed by atoms with Gasteiger partial charge < -0.3 is 15.0 Å². The fourth-order valence-corrected chi connectivity index (χ4v) is 2.96. The largest absolute Gasteiger partial charge is 0.435 e. The lowest BCUT2D eigenvalue weighted by Gasteiger charge is -2.37. The number of ether oxygens (including phenoxy) is 1. The summed E-state index contributed by atoms with van der Waals surface area (Å²) in [7, 11) is 0. The zero-order valence-electron chi connectivity index (χ0n) is 12.6. The van der Waals surface area contributed by atoms with Gasteiger partial charge in [0.05, 0.1) is 0 Å². The Morgan fingerprint density at radius 3 is 2.54 bits per heavy atom. The summed E-state index contributed by atoms with van der Waals surface area (Å²) >= 11 is 0. The number of hydrogen-bond donors (Lipinski definition) is 2. The van der Waals surface area contributed by atoms with E-state index >= 15 is 0 Å². The molecule has 1 aromatic carbocycles. The average Bonchev–Trinajstić information content (AvgIpc) is 2.80. The predicted molar refractivity (Wildman–Crippen MR) is 77.6 cm³/mol. The van der Waals surface area contributed by atoms with Crippen LogP contribution in [0, 0.1) is 0 Å². The summed E-state index contributed by atoms with van der Waals surface area (Å²) in [6.45, 7) is -2.42. The third-order valence-corrected chi connectivity index (χ3v) is 4.22. The van der Waals surface area contributed by atoms with Crippen LogP contribution in [0.15, 0.2) is 24.3 Å². The van der Waals surface area contributed by atoms with E-state index in [9.17, 15) is 23.2 Å². The monoisotopic (exact) mass is 339 g/mol. The molecule has 3 rings (SSSR count). The van der Waals surface area contributed by atoms with Crippen molar-refractivity contribution in [2.24, 2.45) is 0 Å². The molecule has 0 unspecified atom stereocenters. The van der Waals surface area contributed by atoms with Crippen LogP contribution in [0.4, 0.5) is 13.6 Å². The van der Waals surface area contributed by atoms with Gasteiger partial charge in [-0.25, -0.2) is 4.79 Å². The van der Waals surface area contributed by atoms with Gasteiger partial charge in [-0.1, -0.05) is 6.07 Å². The molecule has 2 aliphatic heterocycles. The molecule has 0 saturated carbocycles. The Bertz CT molecular complexity index is 687. The van der Waals surface area contributed by atoms with Crippen LogP contribution < -0.4 is 15.4 Å². The lowest BCUT2D eigenvalue weighted by Crippen LogP contribution is -2.55. The minimum Gasteiger partial charge on any atom is -0.435 e. The fourth-order valence-electron chi connectivity index (χ4n) is 2.96. The van der Waals surface area contributed by atoms with Crippen molar-refractivity contribution < 1.29 is 27.9 Å². The molecule has 2 heterocycles. The van der Waals surface area contributed by atoms with Crippen molar-refractivity contribution in [3.05, 3.63) is 29.8 Å². The first-order valence-corrected chi connectivity index (χ1v) is 7.37. The zero-order valence-corrected chi connectivity index (χ0v) is 12.6. The molecule has 2 fully saturated rings. The van der Waals surface area contributed by atoms with Crippen molar-refractivity contribution in [3.63, 3.8) is 0 Å². The summed E-state index contributed by atoms with van der Waals surface area (Å²) in [5.41, 5.74) is -0.738. The summed E-state index contributed by atoms with van der Waals surface area (Å²) in [5.74, 6) is -0.812. The molecule has 2 aliphatic rings. The number of rotatable bonds is 3. The molecule has 0 bridgehead atoms. The van der Waals surface area contributed by atoms with Gasteiger partial charge in [0.2, 0.25) is 0 Å². The van der Waals surface area contributed by atoms with E-state index in [-0.39, 0.29) is 36.2 Å². The number of carbonyl (C=O) groups is 3. The Balaban J connectivity index is 1.67. The first-order valence-electron chi connectivity index (χ1n) is 7.37. The second kappa shape index (κ2) is 6.06. The number of alkyl halides is 2. The van der Waals surface area contributed by atoms with Crippen molar-refractivity contribution in [2.75, 3.05) is 13.1 Å². The van der Waals surface area contributed by atoms with E-state index < -0.39 is 18.2 Å². The minimum atomic E-state index is -2.96. The predicted octanol–water partition coefficient (Wildman–Crippen LogP) is 1.10. The highest BCUT2D eigenvalue weighted by Gasteiger charge is 2.48. The molecule has 7 nitrogen and oxygen atoms in total. The van der Waals surface area contributed by atoms with Crippen molar-refractivity contribution >= 4 is 17.8 Å². The van der Waals surface area contributed by atoms with Gasteiger partial charge in [-0.05, 0) is 31.0 Å². The normalized spacial score (nSPS) is 19.4. The molecular weight excluding hydrogens is 324 g/mol. The first-order chi connectivity index (χ1) is 11.4. The van der Waals surface area contributed by atoms with Crippen molar-refractivity contribution in [2.45, 2.75) is 25.0 Å². The number of benzene rings is 1. The van der Waals surface area contributed by atoms with E-state index in [0.717, 1.165) is 0 Å². The Morgan fingerprint density at radius 2 is 1.96 bits per heavy atom. The molecule has 0 radical (unpaired) electrons. The van der Waals surface area contributed by atoms with Crippen molar-refractivity contribution in [3.8, 4) is 5.75 Å². The van der Waals surface area contributed by atoms with Crippen LogP contribution in [0.2, 0.25) is 0 Å². The molecule has 1 aromatic rings. The number of hydrogen-bond acceptors (Lipinski definition) is 4. The number of nitrogens with one attached hydrogen (secondary N) is 2. The highest BCUT2D eigenvalue weighted by atomic mass is 19.3. The quantitative estimate of drug-likeness (QED) is 0.808. The van der Waals surface area contributed by atoms with Crippen molar-refractivity contribution in [1.29, 1.82) is 0 Å². The van der Waals surface area contributed by atoms with E-state index in [1.54, 1.807) is 0 Å². The molecule has 9 heteroatoms. The molecular formula is C15H15F2N3O4. The molecule has 0 atom stereocenters. The fraction of sp³-hybridized carbons (Fsp3) is 0.400. The van der Waals surface area contributed by atoms with Crippen LogP contribution in [0.5, 0.6) is 5.75 Å². The SMILES string of the molecule is O=C1NC(=O)C2(CCN(C(=O)c3cccc(OC(F)F)c3)CC2)N1. The molecule has 24 heavy (non-hydrogen) atoms. The van der Waals surface area contributed by atoms with E-state index in [0.29, 0.717) is 12.8 Å². The lowest BCUT2D eigenvalue weighted by molar-refractivity contribution is -0.125. The molecule has 2 N–H and O–H groups in total. The topological polar surface area (TPSA) is 87.7 Å². The minimum absolute atomic E-state index is 0.0910. The van der Waals surface area contributed by atoms with Gasteiger partial charge in [0, 0.05) is 18.7 Å². The van der Waals surface area contributed by atoms with Gasteiger partial charge in [-0.2, -0.15) is 8.78 Å². The van der Waals surface area contributed by atoms with Gasteiger partial charge in [0.25, 0.3) is 11.8 Å². The number of likely N-dealkylation sites (tertiary alicyclic amines) is 1. The molecule has 0 aromatic heterocycles. The summed E-state index contributed by atoms with van der Waals surface area (Å²) in [6, 6.07) is 5.03. The maximum atomic E-state index is 12.5. The molecule has 4 amide bonds. The Hall–Kier alpha value is -2.71. The summed E-state index contributed by atoms with van der Waals surface area (Å²) in [6.07, 6.45) is 0.590. The summed E-state index contributed by atoms with van der Waals surface area (Å²) in [5, 5.41) is 4.81. The Labute approximate surface area is 135 Å². The number of piperidine rings is 1. The Morgan fingerprint density at radius 1 is 1.25 bits per heavy atom. The van der Waals surface area contributed by atoms with E-state index in [1.807, 2.05) is 0 Å². The van der Waals surface area contributed by atoms with Crippen LogP contribution >= 0.6 is 0 Å². The van der Waals surface area contributed by atoms with Crippen LogP contribution in [-0.4, -0.2) is 48.0 Å². The third-order valence-electron chi connectivity index (χ3n) is 4.22. The highest BCUT2D eigenvalue weighted by molar-refractivity contribution is 6.07. The standard InChI is InChI=1S/C15H15F2N3O4/c16-13(17)24-10-3-1-2-9(8-10)11(21)20-6-4-15(5-7-20)12(22)18-14(23)19-15/h1-3,8,13H,4-7H2,(H2,18,19,22,23). The molecule has 128 valence electrons. The van der Waals surface area contributed by atoms with E-state index in [1.165, 1.54) is 29.2 Å². The highest BCUT2D eigenvalue weighted by Crippen LogP contribution is 2.27. The number of halogens is 2. The number of amides is 4. The third kappa shape index (κ3) is 3.01. The number of urea groups is 1. The van der Waals surface area contributed by atoms with Crippen molar-refractivity contribution in [1.82, 2.24) is 15.5 Å². The summed E-state index contributed by atoms with van der Waals surface area (Å²) < 4.78 is 28.8. The second-order valence-electron chi connectivity index (χ2n) is 5.69.